The Morgan fingerprint density at radius 1 is 0.909 bits per heavy atom. The summed E-state index contributed by atoms with van der Waals surface area (Å²) in [6.07, 6.45) is 2.14. The van der Waals surface area contributed by atoms with Crippen LogP contribution in [0.15, 0.2) is 48.5 Å². The first kappa shape index (κ1) is 18.0. The molecule has 0 N–H and O–H groups in total. The predicted octanol–water partition coefficient (Wildman–Crippen LogP) is 6.12. The lowest BCUT2D eigenvalue weighted by atomic mass is 10.0. The van der Waals surface area contributed by atoms with Crippen LogP contribution in [0.4, 0.5) is 0 Å². The third kappa shape index (κ3) is 5.77. The molecule has 0 fully saturated rings. The third-order valence-corrected chi connectivity index (χ3v) is 3.31. The molecule has 0 aliphatic heterocycles. The summed E-state index contributed by atoms with van der Waals surface area (Å²) in [5.74, 6) is 0.925. The third-order valence-electron chi connectivity index (χ3n) is 3.31. The van der Waals surface area contributed by atoms with E-state index < -0.39 is 0 Å². The molecule has 22 heavy (non-hydrogen) atoms. The van der Waals surface area contributed by atoms with Crippen LogP contribution in [0.3, 0.4) is 0 Å². The van der Waals surface area contributed by atoms with Crippen molar-refractivity contribution < 1.29 is 4.74 Å². The molecular formula is C21H28O. The van der Waals surface area contributed by atoms with E-state index in [2.05, 4.69) is 64.1 Å². The van der Waals surface area contributed by atoms with Gasteiger partial charge >= 0.3 is 0 Å². The van der Waals surface area contributed by atoms with Crippen LogP contribution in [-0.2, 0) is 0 Å². The standard InChI is InChI=1S/C19H22O.C2H6/c1-14-6-5-7-19(13-14)20-9-8-17(4)18-11-15(2)10-16(3)12-18;1-2/h5-8,10-13H,9H2,1-4H3;1-2H3. The SMILES string of the molecule is CC.CC(=CCOc1cccc(C)c1)c1cc(C)cc(C)c1. The molecule has 0 spiro atoms. The first-order chi connectivity index (χ1) is 10.5. The lowest BCUT2D eigenvalue weighted by Gasteiger charge is -2.07. The van der Waals surface area contributed by atoms with Gasteiger partial charge in [0.15, 0.2) is 0 Å². The van der Waals surface area contributed by atoms with Gasteiger partial charge in [0, 0.05) is 0 Å². The number of allylic oxidation sites excluding steroid dienone is 1. The van der Waals surface area contributed by atoms with Gasteiger partial charge in [-0.3, -0.25) is 0 Å². The van der Waals surface area contributed by atoms with E-state index in [1.165, 1.54) is 27.8 Å². The Morgan fingerprint density at radius 3 is 2.14 bits per heavy atom. The molecule has 118 valence electrons. The molecule has 0 bridgehead atoms. The second-order valence-electron chi connectivity index (χ2n) is 5.39. The Balaban J connectivity index is 0.00000116. The molecule has 0 saturated heterocycles. The fourth-order valence-electron chi connectivity index (χ4n) is 2.29. The average molecular weight is 296 g/mol. The predicted molar refractivity (Wildman–Crippen MR) is 97.6 cm³/mol. The second-order valence-corrected chi connectivity index (χ2v) is 5.39. The van der Waals surface area contributed by atoms with E-state index in [-0.39, 0.29) is 0 Å². The van der Waals surface area contributed by atoms with Crippen LogP contribution in [0.1, 0.15) is 43.0 Å². The summed E-state index contributed by atoms with van der Waals surface area (Å²) in [5.41, 5.74) is 6.34. The monoisotopic (exact) mass is 296 g/mol. The minimum Gasteiger partial charge on any atom is -0.490 e. The topological polar surface area (TPSA) is 9.23 Å². The van der Waals surface area contributed by atoms with Crippen molar-refractivity contribution in [3.63, 3.8) is 0 Å². The highest BCUT2D eigenvalue weighted by molar-refractivity contribution is 5.65. The average Bonchev–Trinajstić information content (AvgIpc) is 2.48. The van der Waals surface area contributed by atoms with Crippen molar-refractivity contribution >= 4 is 5.57 Å². The summed E-state index contributed by atoms with van der Waals surface area (Å²) in [4.78, 5) is 0. The van der Waals surface area contributed by atoms with Crippen LogP contribution in [0, 0.1) is 20.8 Å². The molecule has 1 nitrogen and oxygen atoms in total. The van der Waals surface area contributed by atoms with Gasteiger partial charge in [-0.1, -0.05) is 55.3 Å². The van der Waals surface area contributed by atoms with Crippen LogP contribution in [0.5, 0.6) is 5.75 Å². The van der Waals surface area contributed by atoms with Crippen molar-refractivity contribution in [1.29, 1.82) is 0 Å². The first-order valence-corrected chi connectivity index (χ1v) is 7.99. The fourth-order valence-corrected chi connectivity index (χ4v) is 2.29. The highest BCUT2D eigenvalue weighted by Crippen LogP contribution is 2.18. The summed E-state index contributed by atoms with van der Waals surface area (Å²) in [7, 11) is 0. The number of aryl methyl sites for hydroxylation is 3. The van der Waals surface area contributed by atoms with Crippen LogP contribution in [0.2, 0.25) is 0 Å². The van der Waals surface area contributed by atoms with E-state index in [0.29, 0.717) is 6.61 Å². The van der Waals surface area contributed by atoms with Crippen LogP contribution >= 0.6 is 0 Å². The van der Waals surface area contributed by atoms with Crippen molar-refractivity contribution in [2.75, 3.05) is 6.61 Å². The summed E-state index contributed by atoms with van der Waals surface area (Å²) < 4.78 is 5.76. The molecule has 0 atom stereocenters. The van der Waals surface area contributed by atoms with Gasteiger partial charge in [0.2, 0.25) is 0 Å². The number of ether oxygens (including phenoxy) is 1. The van der Waals surface area contributed by atoms with Gasteiger partial charge in [0.1, 0.15) is 12.4 Å². The summed E-state index contributed by atoms with van der Waals surface area (Å²) in [6.45, 7) is 13.1. The number of rotatable bonds is 4. The molecule has 0 aliphatic rings. The lowest BCUT2D eigenvalue weighted by molar-refractivity contribution is 0.363. The maximum absolute atomic E-state index is 5.76. The van der Waals surface area contributed by atoms with Gasteiger partial charge in [-0.25, -0.2) is 0 Å². The summed E-state index contributed by atoms with van der Waals surface area (Å²) in [5, 5.41) is 0. The van der Waals surface area contributed by atoms with Gasteiger partial charge < -0.3 is 4.74 Å². The quantitative estimate of drug-likeness (QED) is 0.660. The van der Waals surface area contributed by atoms with Crippen LogP contribution in [-0.4, -0.2) is 6.61 Å². The molecule has 0 heterocycles. The van der Waals surface area contributed by atoms with E-state index in [0.717, 1.165) is 5.75 Å². The highest BCUT2D eigenvalue weighted by atomic mass is 16.5. The lowest BCUT2D eigenvalue weighted by Crippen LogP contribution is -1.95. The number of benzene rings is 2. The van der Waals surface area contributed by atoms with Crippen LogP contribution in [0.25, 0.3) is 5.57 Å². The van der Waals surface area contributed by atoms with Gasteiger partial charge in [-0.15, -0.1) is 0 Å². The van der Waals surface area contributed by atoms with E-state index in [1.807, 2.05) is 26.0 Å². The van der Waals surface area contributed by atoms with E-state index >= 15 is 0 Å². The minimum absolute atomic E-state index is 0.599. The van der Waals surface area contributed by atoms with Crippen molar-refractivity contribution in [1.82, 2.24) is 0 Å². The molecule has 2 rings (SSSR count). The summed E-state index contributed by atoms with van der Waals surface area (Å²) in [6, 6.07) is 14.8. The second kappa shape index (κ2) is 9.09. The maximum atomic E-state index is 5.76. The molecular weight excluding hydrogens is 268 g/mol. The zero-order valence-corrected chi connectivity index (χ0v) is 14.7. The Morgan fingerprint density at radius 2 is 1.55 bits per heavy atom. The highest BCUT2D eigenvalue weighted by Gasteiger charge is 1.99. The molecule has 0 aliphatic carbocycles. The van der Waals surface area contributed by atoms with E-state index in [9.17, 15) is 0 Å². The minimum atomic E-state index is 0.599. The van der Waals surface area contributed by atoms with Gasteiger partial charge in [0.25, 0.3) is 0 Å². The molecule has 2 aromatic carbocycles. The Labute approximate surface area is 135 Å². The van der Waals surface area contributed by atoms with Crippen molar-refractivity contribution in [3.05, 3.63) is 70.8 Å². The molecule has 0 aromatic heterocycles. The van der Waals surface area contributed by atoms with E-state index in [1.54, 1.807) is 0 Å². The molecule has 1 heteroatoms. The normalized spacial score (nSPS) is 10.7. The van der Waals surface area contributed by atoms with Crippen molar-refractivity contribution in [2.24, 2.45) is 0 Å². The molecule has 2 aromatic rings. The fraction of sp³-hybridized carbons (Fsp3) is 0.333. The Bertz CT molecular complexity index is 603. The molecule has 0 unspecified atom stereocenters. The zero-order valence-electron chi connectivity index (χ0n) is 14.7. The number of hydrogen-bond acceptors (Lipinski definition) is 1. The number of hydrogen-bond donors (Lipinski definition) is 0. The largest absolute Gasteiger partial charge is 0.490 e. The van der Waals surface area contributed by atoms with Crippen molar-refractivity contribution in [3.8, 4) is 5.75 Å². The van der Waals surface area contributed by atoms with Crippen molar-refractivity contribution in [2.45, 2.75) is 41.5 Å². The van der Waals surface area contributed by atoms with Gasteiger partial charge in [-0.2, -0.15) is 0 Å². The zero-order chi connectivity index (χ0) is 16.5. The molecule has 0 saturated carbocycles. The Kier molecular flexibility index (Phi) is 7.45. The first-order valence-electron chi connectivity index (χ1n) is 7.99. The van der Waals surface area contributed by atoms with Gasteiger partial charge in [-0.05, 0) is 62.6 Å². The molecule has 0 radical (unpaired) electrons. The maximum Gasteiger partial charge on any atom is 0.120 e. The Hall–Kier alpha value is -2.02. The van der Waals surface area contributed by atoms with E-state index in [4.69, 9.17) is 4.74 Å². The van der Waals surface area contributed by atoms with Crippen LogP contribution < -0.4 is 4.74 Å². The molecule has 0 amide bonds. The summed E-state index contributed by atoms with van der Waals surface area (Å²) >= 11 is 0. The smallest absolute Gasteiger partial charge is 0.120 e. The van der Waals surface area contributed by atoms with Gasteiger partial charge in [0.05, 0.1) is 0 Å².